The third-order valence-corrected chi connectivity index (χ3v) is 5.56. The Balaban J connectivity index is 1.62. The van der Waals surface area contributed by atoms with Crippen LogP contribution in [0.3, 0.4) is 0 Å². The highest BCUT2D eigenvalue weighted by molar-refractivity contribution is 6.12. The van der Waals surface area contributed by atoms with Crippen molar-refractivity contribution < 1.29 is 23.6 Å². The van der Waals surface area contributed by atoms with Gasteiger partial charge in [0, 0.05) is 16.6 Å². The minimum atomic E-state index is -1.42. The number of H-pyrrole nitrogens is 1. The van der Waals surface area contributed by atoms with E-state index in [1.54, 1.807) is 32.9 Å². The van der Waals surface area contributed by atoms with Gasteiger partial charge in [-0.2, -0.15) is 0 Å². The van der Waals surface area contributed by atoms with Crippen molar-refractivity contribution in [3.8, 4) is 0 Å². The van der Waals surface area contributed by atoms with Gasteiger partial charge in [0.2, 0.25) is 0 Å². The normalized spacial score (nSPS) is 18.9. The monoisotopic (exact) mass is 407 g/mol. The molecule has 1 saturated heterocycles. The van der Waals surface area contributed by atoms with E-state index >= 15 is 0 Å². The minimum absolute atomic E-state index is 0.159. The number of aromatic amines is 1. The summed E-state index contributed by atoms with van der Waals surface area (Å²) in [5.41, 5.74) is 0.935. The van der Waals surface area contributed by atoms with Crippen LogP contribution in [0.5, 0.6) is 0 Å². The molecule has 0 spiro atoms. The van der Waals surface area contributed by atoms with Crippen LogP contribution in [0.2, 0.25) is 0 Å². The SMILES string of the molecule is CC(=O)c1c(C)[nH]c(C(=O)CN2C(=O)N[C@](C)(c3cc4ccccc4o3)C2=O)c1C. The fraction of sp³-hybridized carbons (Fsp3) is 0.273. The van der Waals surface area contributed by atoms with Crippen LogP contribution in [-0.2, 0) is 10.3 Å². The van der Waals surface area contributed by atoms with Gasteiger partial charge in [-0.25, -0.2) is 4.79 Å². The third-order valence-electron chi connectivity index (χ3n) is 5.56. The minimum Gasteiger partial charge on any atom is -0.458 e. The van der Waals surface area contributed by atoms with Gasteiger partial charge in [0.25, 0.3) is 5.91 Å². The maximum atomic E-state index is 13.1. The first kappa shape index (κ1) is 19.6. The van der Waals surface area contributed by atoms with Crippen LogP contribution in [0.25, 0.3) is 11.0 Å². The zero-order valence-corrected chi connectivity index (χ0v) is 17.1. The van der Waals surface area contributed by atoms with Crippen LogP contribution >= 0.6 is 0 Å². The van der Waals surface area contributed by atoms with Gasteiger partial charge in [0.1, 0.15) is 11.3 Å². The lowest BCUT2D eigenvalue weighted by molar-refractivity contribution is -0.131. The van der Waals surface area contributed by atoms with E-state index in [0.717, 1.165) is 10.3 Å². The Bertz CT molecular complexity index is 1200. The van der Waals surface area contributed by atoms with Crippen molar-refractivity contribution in [2.45, 2.75) is 33.2 Å². The number of rotatable bonds is 5. The lowest BCUT2D eigenvalue weighted by Crippen LogP contribution is -2.41. The Morgan fingerprint density at radius 2 is 1.87 bits per heavy atom. The lowest BCUT2D eigenvalue weighted by atomic mass is 9.98. The van der Waals surface area contributed by atoms with Crippen molar-refractivity contribution >= 4 is 34.5 Å². The summed E-state index contributed by atoms with van der Waals surface area (Å²) in [5, 5.41) is 3.45. The smallest absolute Gasteiger partial charge is 0.325 e. The molecule has 0 radical (unpaired) electrons. The van der Waals surface area contributed by atoms with Gasteiger partial charge in [-0.15, -0.1) is 0 Å². The average Bonchev–Trinajstić information content (AvgIpc) is 3.31. The standard InChI is InChI=1S/C22H21N3O5/c1-11-18(13(3)26)12(2)23-19(11)15(27)10-25-20(28)22(4,24-21(25)29)17-9-14-7-5-6-8-16(14)30-17/h5-9,23H,10H2,1-4H3,(H,24,29)/t22-/m1/s1. The number of urea groups is 1. The number of fused-ring (bicyclic) bond motifs is 1. The highest BCUT2D eigenvalue weighted by atomic mass is 16.3. The number of carbonyl (C=O) groups is 4. The van der Waals surface area contributed by atoms with Gasteiger partial charge in [-0.3, -0.25) is 19.3 Å². The molecule has 0 aliphatic carbocycles. The number of hydrogen-bond donors (Lipinski definition) is 2. The predicted octanol–water partition coefficient (Wildman–Crippen LogP) is 3.23. The molecule has 1 aromatic carbocycles. The van der Waals surface area contributed by atoms with Crippen molar-refractivity contribution in [3.63, 3.8) is 0 Å². The molecule has 1 atom stereocenters. The van der Waals surface area contributed by atoms with Gasteiger partial charge in [-0.05, 0) is 45.4 Å². The number of benzene rings is 1. The van der Waals surface area contributed by atoms with Crippen molar-refractivity contribution in [1.29, 1.82) is 0 Å². The molecule has 3 amide bonds. The summed E-state index contributed by atoms with van der Waals surface area (Å²) in [4.78, 5) is 54.1. The Morgan fingerprint density at radius 3 is 2.50 bits per heavy atom. The van der Waals surface area contributed by atoms with Crippen LogP contribution in [0, 0.1) is 13.8 Å². The lowest BCUT2D eigenvalue weighted by Gasteiger charge is -2.18. The molecule has 0 unspecified atom stereocenters. The first-order chi connectivity index (χ1) is 14.1. The second kappa shape index (κ2) is 6.69. The Kier molecular flexibility index (Phi) is 4.38. The number of Topliss-reactive ketones (excluding diaryl/α,β-unsaturated/α-hetero) is 2. The van der Waals surface area contributed by atoms with E-state index in [4.69, 9.17) is 4.42 Å². The second-order valence-electron chi connectivity index (χ2n) is 7.70. The van der Waals surface area contributed by atoms with Crippen LogP contribution in [-0.4, -0.2) is 39.9 Å². The number of amides is 3. The summed E-state index contributed by atoms with van der Waals surface area (Å²) in [6.45, 7) is 5.89. The Morgan fingerprint density at radius 1 is 1.17 bits per heavy atom. The van der Waals surface area contributed by atoms with E-state index in [-0.39, 0.29) is 11.5 Å². The number of carbonyl (C=O) groups excluding carboxylic acids is 4. The van der Waals surface area contributed by atoms with E-state index < -0.39 is 29.8 Å². The van der Waals surface area contributed by atoms with E-state index in [9.17, 15) is 19.2 Å². The molecule has 1 aliphatic rings. The molecule has 4 rings (SSSR count). The van der Waals surface area contributed by atoms with Crippen LogP contribution < -0.4 is 5.32 Å². The molecule has 3 aromatic rings. The molecule has 2 aromatic heterocycles. The largest absolute Gasteiger partial charge is 0.458 e. The maximum Gasteiger partial charge on any atom is 0.325 e. The second-order valence-corrected chi connectivity index (χ2v) is 7.70. The summed E-state index contributed by atoms with van der Waals surface area (Å²) in [6, 6.07) is 8.30. The van der Waals surface area contributed by atoms with Gasteiger partial charge in [-0.1, -0.05) is 18.2 Å². The molecular formula is C22H21N3O5. The first-order valence-electron chi connectivity index (χ1n) is 9.50. The number of aryl methyl sites for hydroxylation is 1. The molecule has 30 heavy (non-hydrogen) atoms. The quantitative estimate of drug-likeness (QED) is 0.498. The number of hydrogen-bond acceptors (Lipinski definition) is 5. The van der Waals surface area contributed by atoms with Gasteiger partial charge in [0.05, 0.1) is 12.2 Å². The first-order valence-corrected chi connectivity index (χ1v) is 9.50. The number of ketones is 2. The van der Waals surface area contributed by atoms with Gasteiger partial charge >= 0.3 is 6.03 Å². The highest BCUT2D eigenvalue weighted by Crippen LogP contribution is 2.33. The van der Waals surface area contributed by atoms with Crippen LogP contribution in [0.4, 0.5) is 4.79 Å². The van der Waals surface area contributed by atoms with E-state index in [1.165, 1.54) is 6.92 Å². The molecule has 3 heterocycles. The molecule has 1 aliphatic heterocycles. The maximum absolute atomic E-state index is 13.1. The van der Waals surface area contributed by atoms with Crippen molar-refractivity contribution in [2.24, 2.45) is 0 Å². The van der Waals surface area contributed by atoms with Crippen LogP contribution in [0.1, 0.15) is 51.7 Å². The fourth-order valence-electron chi connectivity index (χ4n) is 4.02. The zero-order valence-electron chi connectivity index (χ0n) is 17.1. The van der Waals surface area contributed by atoms with Crippen LogP contribution in [0.15, 0.2) is 34.7 Å². The van der Waals surface area contributed by atoms with Crippen molar-refractivity contribution in [1.82, 2.24) is 15.2 Å². The molecule has 0 bridgehead atoms. The molecule has 154 valence electrons. The average molecular weight is 407 g/mol. The molecule has 8 nitrogen and oxygen atoms in total. The van der Waals surface area contributed by atoms with E-state index in [1.807, 2.05) is 18.2 Å². The van der Waals surface area contributed by atoms with Crippen molar-refractivity contribution in [3.05, 3.63) is 58.6 Å². The zero-order chi connectivity index (χ0) is 21.8. The fourth-order valence-corrected chi connectivity index (χ4v) is 4.02. The van der Waals surface area contributed by atoms with Crippen molar-refractivity contribution in [2.75, 3.05) is 6.54 Å². The number of nitrogens with zero attached hydrogens (tertiary/aromatic N) is 1. The van der Waals surface area contributed by atoms with E-state index in [0.29, 0.717) is 28.2 Å². The topological polar surface area (TPSA) is 112 Å². The van der Waals surface area contributed by atoms with Gasteiger partial charge < -0.3 is 14.7 Å². The number of aromatic nitrogens is 1. The molecule has 2 N–H and O–H groups in total. The number of furan rings is 1. The number of imide groups is 1. The molecule has 1 fully saturated rings. The number of nitrogens with one attached hydrogen (secondary N) is 2. The molecule has 8 heteroatoms. The third kappa shape index (κ3) is 2.83. The van der Waals surface area contributed by atoms with E-state index in [2.05, 4.69) is 10.3 Å². The highest BCUT2D eigenvalue weighted by Gasteiger charge is 2.51. The summed E-state index contributed by atoms with van der Waals surface area (Å²) >= 11 is 0. The summed E-state index contributed by atoms with van der Waals surface area (Å²) in [7, 11) is 0. The molecule has 0 saturated carbocycles. The Hall–Kier alpha value is -3.68. The number of para-hydroxylation sites is 1. The predicted molar refractivity (Wildman–Crippen MR) is 108 cm³/mol. The Labute approximate surface area is 172 Å². The molecular weight excluding hydrogens is 386 g/mol. The van der Waals surface area contributed by atoms with Gasteiger partial charge in [0.15, 0.2) is 17.1 Å². The summed E-state index contributed by atoms with van der Waals surface area (Å²) in [6.07, 6.45) is 0. The summed E-state index contributed by atoms with van der Waals surface area (Å²) in [5.74, 6) is -0.899. The summed E-state index contributed by atoms with van der Waals surface area (Å²) < 4.78 is 5.79.